The van der Waals surface area contributed by atoms with Crippen molar-refractivity contribution in [2.24, 2.45) is 34.5 Å². The average Bonchev–Trinajstić information content (AvgIpc) is 2.79. The third-order valence-electron chi connectivity index (χ3n) is 9.41. The van der Waals surface area contributed by atoms with E-state index in [2.05, 4.69) is 13.8 Å². The first-order valence-corrected chi connectivity index (χ1v) is 10.8. The molecular weight excluding hydrogens is 304 g/mol. The molecule has 0 radical (unpaired) electrons. The lowest BCUT2D eigenvalue weighted by Gasteiger charge is -2.61. The van der Waals surface area contributed by atoms with Crippen molar-refractivity contribution in [3.63, 3.8) is 0 Å². The number of rotatable bonds is 2. The van der Waals surface area contributed by atoms with Gasteiger partial charge in [-0.25, -0.2) is 0 Å². The van der Waals surface area contributed by atoms with Crippen LogP contribution in [0.3, 0.4) is 0 Å². The molecule has 4 aliphatic carbocycles. The summed E-state index contributed by atoms with van der Waals surface area (Å²) in [5.41, 5.74) is 0.241. The summed E-state index contributed by atoms with van der Waals surface area (Å²) >= 11 is 6.06. The van der Waals surface area contributed by atoms with E-state index in [9.17, 15) is 5.11 Å². The molecule has 0 aromatic heterocycles. The fourth-order valence-electron chi connectivity index (χ4n) is 7.97. The Hall–Kier alpha value is 0.250. The Balaban J connectivity index is 1.63. The minimum Gasteiger partial charge on any atom is -0.389 e. The molecule has 0 saturated heterocycles. The van der Waals surface area contributed by atoms with Gasteiger partial charge in [-0.15, -0.1) is 11.6 Å². The summed E-state index contributed by atoms with van der Waals surface area (Å²) in [5, 5.41) is 11.3. The van der Waals surface area contributed by atoms with Crippen molar-refractivity contribution in [2.75, 3.05) is 5.88 Å². The number of hydrogen-bond donors (Lipinski definition) is 1. The van der Waals surface area contributed by atoms with Crippen LogP contribution in [0, 0.1) is 34.5 Å². The molecular formula is C21H35ClO. The van der Waals surface area contributed by atoms with Crippen LogP contribution in [0.4, 0.5) is 0 Å². The second-order valence-electron chi connectivity index (χ2n) is 9.87. The minimum absolute atomic E-state index is 0.126. The van der Waals surface area contributed by atoms with Crippen molar-refractivity contribution in [3.8, 4) is 0 Å². The van der Waals surface area contributed by atoms with Gasteiger partial charge in [-0.3, -0.25) is 0 Å². The number of fused-ring (bicyclic) bond motifs is 5. The maximum Gasteiger partial charge on any atom is 0.0715 e. The largest absolute Gasteiger partial charge is 0.389 e. The predicted octanol–water partition coefficient (Wildman–Crippen LogP) is 5.78. The van der Waals surface area contributed by atoms with E-state index < -0.39 is 5.60 Å². The molecule has 1 nitrogen and oxygen atoms in total. The summed E-state index contributed by atoms with van der Waals surface area (Å²) in [7, 11) is 0. The van der Waals surface area contributed by atoms with Gasteiger partial charge in [-0.05, 0) is 92.3 Å². The summed E-state index contributed by atoms with van der Waals surface area (Å²) in [4.78, 5) is 0. The monoisotopic (exact) mass is 338 g/mol. The molecule has 4 rings (SSSR count). The van der Waals surface area contributed by atoms with Crippen LogP contribution in [0.1, 0.15) is 84.5 Å². The predicted molar refractivity (Wildman–Crippen MR) is 96.6 cm³/mol. The first-order valence-electron chi connectivity index (χ1n) is 10.2. The zero-order chi connectivity index (χ0) is 16.3. The molecule has 0 spiro atoms. The van der Waals surface area contributed by atoms with Gasteiger partial charge in [0.1, 0.15) is 0 Å². The molecule has 1 N–H and O–H groups in total. The van der Waals surface area contributed by atoms with Gasteiger partial charge in [-0.2, -0.15) is 0 Å². The highest BCUT2D eigenvalue weighted by Gasteiger charge is 2.63. The Bertz CT molecular complexity index is 465. The topological polar surface area (TPSA) is 20.2 Å². The minimum atomic E-state index is -0.491. The molecule has 0 amide bonds. The van der Waals surface area contributed by atoms with Gasteiger partial charge < -0.3 is 5.11 Å². The van der Waals surface area contributed by atoms with Gasteiger partial charge in [0.15, 0.2) is 0 Å². The van der Waals surface area contributed by atoms with E-state index in [0.717, 1.165) is 36.5 Å². The number of hydrogen-bond acceptors (Lipinski definition) is 1. The van der Waals surface area contributed by atoms with Crippen LogP contribution in [-0.4, -0.2) is 16.6 Å². The Morgan fingerprint density at radius 3 is 2.48 bits per heavy atom. The van der Waals surface area contributed by atoms with Crippen LogP contribution < -0.4 is 0 Å². The van der Waals surface area contributed by atoms with Crippen LogP contribution in [0.25, 0.3) is 0 Å². The van der Waals surface area contributed by atoms with Crippen molar-refractivity contribution in [2.45, 2.75) is 90.1 Å². The third-order valence-corrected chi connectivity index (χ3v) is 9.60. The number of halogens is 1. The Morgan fingerprint density at radius 2 is 1.70 bits per heavy atom. The highest BCUT2D eigenvalue weighted by molar-refractivity contribution is 6.17. The highest BCUT2D eigenvalue weighted by atomic mass is 35.5. The van der Waals surface area contributed by atoms with E-state index in [1.807, 2.05) is 0 Å². The standard InChI is InChI=1S/C21H35ClO/c1-19-10-4-3-5-15(19)6-7-16-17(19)8-11-20(2)18(16)9-12-21(20,23)13-14-22/h15-18,23H,3-14H2,1-2H3/t15?,16-,17+,18+,19+,20+,21+/m1/s1. The molecule has 0 aromatic rings. The zero-order valence-corrected chi connectivity index (χ0v) is 15.9. The van der Waals surface area contributed by atoms with Crippen LogP contribution >= 0.6 is 11.6 Å². The van der Waals surface area contributed by atoms with E-state index in [0.29, 0.717) is 11.3 Å². The van der Waals surface area contributed by atoms with Crippen molar-refractivity contribution in [3.05, 3.63) is 0 Å². The fraction of sp³-hybridized carbons (Fsp3) is 1.00. The van der Waals surface area contributed by atoms with E-state index in [1.165, 1.54) is 57.8 Å². The first kappa shape index (κ1) is 16.7. The van der Waals surface area contributed by atoms with Gasteiger partial charge in [0, 0.05) is 5.88 Å². The number of alkyl halides is 1. The molecule has 0 aliphatic heterocycles. The normalized spacial score (nSPS) is 55.8. The van der Waals surface area contributed by atoms with Crippen LogP contribution in [0.5, 0.6) is 0 Å². The summed E-state index contributed by atoms with van der Waals surface area (Å²) in [6.07, 6.45) is 14.4. The smallest absolute Gasteiger partial charge is 0.0715 e. The summed E-state index contributed by atoms with van der Waals surface area (Å²) < 4.78 is 0. The lowest BCUT2D eigenvalue weighted by atomic mass is 9.44. The third kappa shape index (κ3) is 2.21. The highest BCUT2D eigenvalue weighted by Crippen LogP contribution is 2.68. The molecule has 0 aromatic carbocycles. The van der Waals surface area contributed by atoms with E-state index >= 15 is 0 Å². The van der Waals surface area contributed by atoms with Gasteiger partial charge in [-0.1, -0.05) is 26.7 Å². The lowest BCUT2D eigenvalue weighted by Crippen LogP contribution is -2.56. The van der Waals surface area contributed by atoms with Gasteiger partial charge in [0.05, 0.1) is 5.60 Å². The second kappa shape index (κ2) is 5.63. The molecule has 4 fully saturated rings. The SMILES string of the molecule is C[C@]12CCCCC1CC[C@@H]1[C@@H]2CC[C@@]2(C)[C@H]1CC[C@]2(O)CCCl. The summed E-state index contributed by atoms with van der Waals surface area (Å²) in [6, 6.07) is 0. The van der Waals surface area contributed by atoms with Gasteiger partial charge >= 0.3 is 0 Å². The molecule has 4 saturated carbocycles. The van der Waals surface area contributed by atoms with Crippen molar-refractivity contribution < 1.29 is 5.11 Å². The molecule has 4 aliphatic rings. The van der Waals surface area contributed by atoms with Crippen LogP contribution in [0.15, 0.2) is 0 Å². The number of aliphatic hydroxyl groups is 1. The van der Waals surface area contributed by atoms with E-state index in [1.54, 1.807) is 0 Å². The van der Waals surface area contributed by atoms with Crippen LogP contribution in [-0.2, 0) is 0 Å². The molecule has 23 heavy (non-hydrogen) atoms. The fourth-order valence-corrected chi connectivity index (χ4v) is 8.28. The molecule has 132 valence electrons. The molecule has 0 bridgehead atoms. The Labute approximate surface area is 147 Å². The average molecular weight is 339 g/mol. The van der Waals surface area contributed by atoms with Crippen molar-refractivity contribution in [1.82, 2.24) is 0 Å². The van der Waals surface area contributed by atoms with E-state index in [-0.39, 0.29) is 5.41 Å². The maximum absolute atomic E-state index is 11.3. The van der Waals surface area contributed by atoms with Gasteiger partial charge in [0.2, 0.25) is 0 Å². The maximum atomic E-state index is 11.3. The molecule has 0 heterocycles. The summed E-state index contributed by atoms with van der Waals surface area (Å²) in [5.74, 6) is 4.14. The Kier molecular flexibility index (Phi) is 4.09. The van der Waals surface area contributed by atoms with Crippen molar-refractivity contribution in [1.29, 1.82) is 0 Å². The second-order valence-corrected chi connectivity index (χ2v) is 10.2. The molecule has 2 heteroatoms. The van der Waals surface area contributed by atoms with Crippen LogP contribution in [0.2, 0.25) is 0 Å². The lowest BCUT2D eigenvalue weighted by molar-refractivity contribution is -0.151. The summed E-state index contributed by atoms with van der Waals surface area (Å²) in [6.45, 7) is 5.04. The quantitative estimate of drug-likeness (QED) is 0.633. The zero-order valence-electron chi connectivity index (χ0n) is 15.1. The molecule has 1 unspecified atom stereocenters. The van der Waals surface area contributed by atoms with E-state index in [4.69, 9.17) is 11.6 Å². The first-order chi connectivity index (χ1) is 10.9. The molecule has 7 atom stereocenters. The van der Waals surface area contributed by atoms with Gasteiger partial charge in [0.25, 0.3) is 0 Å². The van der Waals surface area contributed by atoms with Crippen molar-refractivity contribution >= 4 is 11.6 Å². The Morgan fingerprint density at radius 1 is 0.913 bits per heavy atom.